The van der Waals surface area contributed by atoms with E-state index >= 15 is 0 Å². The van der Waals surface area contributed by atoms with Crippen LogP contribution in [-0.2, 0) is 10.0 Å². The fourth-order valence-corrected chi connectivity index (χ4v) is 3.17. The molecule has 0 aliphatic heterocycles. The Morgan fingerprint density at radius 2 is 1.74 bits per heavy atom. The SMILES string of the molecule is NS(=O)(=O)c1ccc(NCCC2CCCCC2)cc1. The average molecular weight is 282 g/mol. The van der Waals surface area contributed by atoms with Crippen molar-refractivity contribution in [2.75, 3.05) is 11.9 Å². The molecule has 0 radical (unpaired) electrons. The third-order valence-electron chi connectivity index (χ3n) is 3.79. The predicted octanol–water partition coefficient (Wildman–Crippen LogP) is 2.72. The molecular weight excluding hydrogens is 260 g/mol. The minimum absolute atomic E-state index is 0.158. The molecule has 0 spiro atoms. The third kappa shape index (κ3) is 4.51. The van der Waals surface area contributed by atoms with E-state index in [1.165, 1.54) is 50.7 Å². The molecule has 2 rings (SSSR count). The molecule has 0 heterocycles. The molecule has 1 fully saturated rings. The number of nitrogens with two attached hydrogens (primary N) is 1. The van der Waals surface area contributed by atoms with Crippen LogP contribution in [0, 0.1) is 5.92 Å². The first-order valence-corrected chi connectivity index (χ1v) is 8.47. The Morgan fingerprint density at radius 1 is 1.11 bits per heavy atom. The summed E-state index contributed by atoms with van der Waals surface area (Å²) in [6.45, 7) is 0.944. The maximum Gasteiger partial charge on any atom is 0.238 e. The van der Waals surface area contributed by atoms with Gasteiger partial charge in [-0.25, -0.2) is 13.6 Å². The first kappa shape index (κ1) is 14.3. The van der Waals surface area contributed by atoms with Crippen molar-refractivity contribution in [1.29, 1.82) is 0 Å². The monoisotopic (exact) mass is 282 g/mol. The molecule has 1 aromatic rings. The summed E-state index contributed by atoms with van der Waals surface area (Å²) in [4.78, 5) is 0.158. The molecule has 0 saturated heterocycles. The van der Waals surface area contributed by atoms with Crippen LogP contribution in [0.2, 0.25) is 0 Å². The van der Waals surface area contributed by atoms with Gasteiger partial charge in [-0.15, -0.1) is 0 Å². The summed E-state index contributed by atoms with van der Waals surface area (Å²) < 4.78 is 22.2. The lowest BCUT2D eigenvalue weighted by Crippen LogP contribution is -2.13. The first-order chi connectivity index (χ1) is 9.05. The van der Waals surface area contributed by atoms with Crippen molar-refractivity contribution in [2.45, 2.75) is 43.4 Å². The van der Waals surface area contributed by atoms with Gasteiger partial charge in [-0.1, -0.05) is 32.1 Å². The van der Waals surface area contributed by atoms with E-state index in [1.54, 1.807) is 12.1 Å². The van der Waals surface area contributed by atoms with Crippen LogP contribution in [0.3, 0.4) is 0 Å². The van der Waals surface area contributed by atoms with Crippen LogP contribution in [0.4, 0.5) is 5.69 Å². The highest BCUT2D eigenvalue weighted by atomic mass is 32.2. The van der Waals surface area contributed by atoms with Crippen LogP contribution in [-0.4, -0.2) is 15.0 Å². The molecule has 0 amide bonds. The van der Waals surface area contributed by atoms with Gasteiger partial charge in [-0.05, 0) is 36.6 Å². The fourth-order valence-electron chi connectivity index (χ4n) is 2.66. The Morgan fingerprint density at radius 3 is 2.32 bits per heavy atom. The number of anilines is 1. The van der Waals surface area contributed by atoms with Gasteiger partial charge < -0.3 is 5.32 Å². The standard InChI is InChI=1S/C14H22N2O2S/c15-19(17,18)14-8-6-13(7-9-14)16-11-10-12-4-2-1-3-5-12/h6-9,12,16H,1-5,10-11H2,(H2,15,17,18). The smallest absolute Gasteiger partial charge is 0.238 e. The molecule has 4 nitrogen and oxygen atoms in total. The zero-order valence-electron chi connectivity index (χ0n) is 11.1. The van der Waals surface area contributed by atoms with E-state index in [-0.39, 0.29) is 4.90 Å². The quantitative estimate of drug-likeness (QED) is 0.872. The number of sulfonamides is 1. The van der Waals surface area contributed by atoms with Crippen LogP contribution in [0.15, 0.2) is 29.2 Å². The van der Waals surface area contributed by atoms with Crippen LogP contribution in [0.1, 0.15) is 38.5 Å². The largest absolute Gasteiger partial charge is 0.385 e. The number of benzene rings is 1. The highest BCUT2D eigenvalue weighted by Crippen LogP contribution is 2.26. The van der Waals surface area contributed by atoms with E-state index in [1.807, 2.05) is 0 Å². The van der Waals surface area contributed by atoms with Crippen LogP contribution >= 0.6 is 0 Å². The Balaban J connectivity index is 1.80. The average Bonchev–Trinajstić information content (AvgIpc) is 2.39. The van der Waals surface area contributed by atoms with Crippen molar-refractivity contribution >= 4 is 15.7 Å². The van der Waals surface area contributed by atoms with Gasteiger partial charge in [0.15, 0.2) is 0 Å². The molecule has 1 saturated carbocycles. The first-order valence-electron chi connectivity index (χ1n) is 6.92. The number of rotatable bonds is 5. The van der Waals surface area contributed by atoms with Crippen LogP contribution in [0.5, 0.6) is 0 Å². The number of hydrogen-bond donors (Lipinski definition) is 2. The topological polar surface area (TPSA) is 72.2 Å². The van der Waals surface area contributed by atoms with Gasteiger partial charge in [0.05, 0.1) is 4.90 Å². The number of nitrogens with one attached hydrogen (secondary N) is 1. The Hall–Kier alpha value is -1.07. The Labute approximate surface area is 115 Å². The van der Waals surface area contributed by atoms with Gasteiger partial charge in [-0.3, -0.25) is 0 Å². The minimum atomic E-state index is -3.58. The predicted molar refractivity (Wildman–Crippen MR) is 77.5 cm³/mol. The molecule has 3 N–H and O–H groups in total. The maximum atomic E-state index is 11.1. The molecular formula is C14H22N2O2S. The second-order valence-corrected chi connectivity index (χ2v) is 6.85. The molecule has 106 valence electrons. The van der Waals surface area contributed by atoms with Gasteiger partial charge in [0.2, 0.25) is 10.0 Å². The van der Waals surface area contributed by atoms with Crippen molar-refractivity contribution in [3.63, 3.8) is 0 Å². The molecule has 1 aliphatic carbocycles. The van der Waals surface area contributed by atoms with Crippen molar-refractivity contribution in [2.24, 2.45) is 11.1 Å². The van der Waals surface area contributed by atoms with Gasteiger partial charge in [0, 0.05) is 12.2 Å². The van der Waals surface area contributed by atoms with E-state index in [0.717, 1.165) is 18.2 Å². The summed E-state index contributed by atoms with van der Waals surface area (Å²) in [7, 11) is -3.58. The van der Waals surface area contributed by atoms with E-state index in [4.69, 9.17) is 5.14 Å². The van der Waals surface area contributed by atoms with E-state index in [0.29, 0.717) is 0 Å². The summed E-state index contributed by atoms with van der Waals surface area (Å²) >= 11 is 0. The second-order valence-electron chi connectivity index (χ2n) is 5.29. The Kier molecular flexibility index (Phi) is 4.82. The van der Waals surface area contributed by atoms with E-state index in [2.05, 4.69) is 5.32 Å². The highest BCUT2D eigenvalue weighted by Gasteiger charge is 2.12. The fraction of sp³-hybridized carbons (Fsp3) is 0.571. The molecule has 0 bridgehead atoms. The maximum absolute atomic E-state index is 11.1. The number of primary sulfonamides is 1. The van der Waals surface area contributed by atoms with Crippen molar-refractivity contribution < 1.29 is 8.42 Å². The molecule has 1 aliphatic rings. The summed E-state index contributed by atoms with van der Waals surface area (Å²) in [6.07, 6.45) is 8.02. The second kappa shape index (κ2) is 6.39. The zero-order chi connectivity index (χ0) is 13.7. The molecule has 1 aromatic carbocycles. The lowest BCUT2D eigenvalue weighted by atomic mass is 9.87. The minimum Gasteiger partial charge on any atom is -0.385 e. The van der Waals surface area contributed by atoms with Gasteiger partial charge >= 0.3 is 0 Å². The number of hydrogen-bond acceptors (Lipinski definition) is 3. The molecule has 5 heteroatoms. The van der Waals surface area contributed by atoms with Crippen molar-refractivity contribution in [3.8, 4) is 0 Å². The van der Waals surface area contributed by atoms with Crippen molar-refractivity contribution in [1.82, 2.24) is 0 Å². The summed E-state index contributed by atoms with van der Waals surface area (Å²) in [5, 5.41) is 8.39. The lowest BCUT2D eigenvalue weighted by Gasteiger charge is -2.21. The zero-order valence-corrected chi connectivity index (χ0v) is 12.0. The van der Waals surface area contributed by atoms with Gasteiger partial charge in [-0.2, -0.15) is 0 Å². The Bertz CT molecular complexity index is 491. The van der Waals surface area contributed by atoms with Gasteiger partial charge in [0.25, 0.3) is 0 Å². The van der Waals surface area contributed by atoms with E-state index < -0.39 is 10.0 Å². The molecule has 0 unspecified atom stereocenters. The van der Waals surface area contributed by atoms with Gasteiger partial charge in [0.1, 0.15) is 0 Å². The molecule has 0 atom stereocenters. The lowest BCUT2D eigenvalue weighted by molar-refractivity contribution is 0.345. The molecule has 19 heavy (non-hydrogen) atoms. The third-order valence-corrected chi connectivity index (χ3v) is 4.72. The normalized spacial score (nSPS) is 17.3. The van der Waals surface area contributed by atoms with Crippen molar-refractivity contribution in [3.05, 3.63) is 24.3 Å². The summed E-state index contributed by atoms with van der Waals surface area (Å²) in [5.41, 5.74) is 0.947. The van der Waals surface area contributed by atoms with Crippen LogP contribution in [0.25, 0.3) is 0 Å². The van der Waals surface area contributed by atoms with E-state index in [9.17, 15) is 8.42 Å². The summed E-state index contributed by atoms with van der Waals surface area (Å²) in [6, 6.07) is 6.61. The molecule has 0 aromatic heterocycles. The van der Waals surface area contributed by atoms with Crippen LogP contribution < -0.4 is 10.5 Å². The highest BCUT2D eigenvalue weighted by molar-refractivity contribution is 7.89. The summed E-state index contributed by atoms with van der Waals surface area (Å²) in [5.74, 6) is 0.852.